The summed E-state index contributed by atoms with van der Waals surface area (Å²) < 4.78 is 0. The summed E-state index contributed by atoms with van der Waals surface area (Å²) in [6.07, 6.45) is 0.533. The second kappa shape index (κ2) is 11.4. The van der Waals surface area contributed by atoms with E-state index < -0.39 is 0 Å². The fourth-order valence-electron chi connectivity index (χ4n) is 5.14. The van der Waals surface area contributed by atoms with Crippen LogP contribution in [0.1, 0.15) is 45.1 Å². The van der Waals surface area contributed by atoms with Gasteiger partial charge in [-0.1, -0.05) is 85.4 Å². The second-order valence-electron chi connectivity index (χ2n) is 9.95. The number of carbonyl (C=O) groups excluding carboxylic acids is 2. The Hall–Kier alpha value is -4.68. The van der Waals surface area contributed by atoms with Crippen LogP contribution in [0.25, 0.3) is 5.57 Å². The predicted octanol–water partition coefficient (Wildman–Crippen LogP) is 5.88. The highest BCUT2D eigenvalue weighted by Gasteiger charge is 2.31. The topological polar surface area (TPSA) is 101 Å². The fourth-order valence-corrected chi connectivity index (χ4v) is 5.14. The van der Waals surface area contributed by atoms with E-state index in [4.69, 9.17) is 11.5 Å². The van der Waals surface area contributed by atoms with E-state index in [2.05, 4.69) is 28.9 Å². The van der Waals surface area contributed by atoms with E-state index in [1.54, 1.807) is 12.1 Å². The maximum Gasteiger partial charge on any atom is 0.226 e. The predicted molar refractivity (Wildman–Crippen MR) is 158 cm³/mol. The van der Waals surface area contributed by atoms with Crippen molar-refractivity contribution in [3.05, 3.63) is 131 Å². The first-order valence-corrected chi connectivity index (χ1v) is 13.0. The molecule has 1 unspecified atom stereocenters. The highest BCUT2D eigenvalue weighted by atomic mass is 16.1. The molecule has 0 spiro atoms. The van der Waals surface area contributed by atoms with Gasteiger partial charge in [0.05, 0.1) is 11.4 Å². The number of nitrogens with one attached hydrogen (secondary N) is 1. The summed E-state index contributed by atoms with van der Waals surface area (Å²) in [5.41, 5.74) is 19.5. The quantitative estimate of drug-likeness (QED) is 0.201. The van der Waals surface area contributed by atoms with Gasteiger partial charge in [0.25, 0.3) is 0 Å². The molecule has 1 heterocycles. The van der Waals surface area contributed by atoms with E-state index in [0.29, 0.717) is 35.7 Å². The molecule has 196 valence electrons. The molecule has 1 amide bonds. The molecule has 6 heteroatoms. The van der Waals surface area contributed by atoms with Gasteiger partial charge in [-0.25, -0.2) is 0 Å². The summed E-state index contributed by atoms with van der Waals surface area (Å²) in [6, 6.07) is 30.4. The maximum absolute atomic E-state index is 13.2. The zero-order valence-corrected chi connectivity index (χ0v) is 21.8. The molecule has 5 rings (SSSR count). The van der Waals surface area contributed by atoms with Crippen LogP contribution in [0, 0.1) is 0 Å². The monoisotopic (exact) mass is 516 g/mol. The van der Waals surface area contributed by atoms with Gasteiger partial charge in [0.15, 0.2) is 5.78 Å². The Labute approximate surface area is 229 Å². The number of carbonyl (C=O) groups is 2. The number of hydrogen-bond donors (Lipinski definition) is 3. The van der Waals surface area contributed by atoms with Crippen LogP contribution in [0.4, 0.5) is 17.1 Å². The number of ketones is 1. The lowest BCUT2D eigenvalue weighted by molar-refractivity contribution is -0.117. The summed E-state index contributed by atoms with van der Waals surface area (Å²) in [4.78, 5) is 28.3. The fraction of sp³-hybridized carbons (Fsp3) is 0.152. The third-order valence-corrected chi connectivity index (χ3v) is 7.22. The van der Waals surface area contributed by atoms with Crippen molar-refractivity contribution in [2.24, 2.45) is 0 Å². The van der Waals surface area contributed by atoms with Crippen molar-refractivity contribution in [1.29, 1.82) is 0 Å². The van der Waals surface area contributed by atoms with Crippen LogP contribution in [0.2, 0.25) is 0 Å². The van der Waals surface area contributed by atoms with Crippen molar-refractivity contribution in [3.63, 3.8) is 0 Å². The Bertz CT molecular complexity index is 1530. The molecule has 39 heavy (non-hydrogen) atoms. The Kier molecular flexibility index (Phi) is 7.57. The normalized spacial score (nSPS) is 15.0. The van der Waals surface area contributed by atoms with Gasteiger partial charge < -0.3 is 16.8 Å². The van der Waals surface area contributed by atoms with Crippen molar-refractivity contribution in [2.75, 3.05) is 23.3 Å². The van der Waals surface area contributed by atoms with E-state index >= 15 is 0 Å². The molecule has 0 fully saturated rings. The first-order valence-electron chi connectivity index (χ1n) is 13.0. The molecule has 1 atom stereocenters. The number of hydrogen-bond acceptors (Lipinski definition) is 5. The SMILES string of the molecule is C=C1CN(Cc2ccc(C(=O)Cc3ccccc3N)cc2)C(CC(=O)Nc2ccccc2N)c2ccccc21. The molecule has 1 aliphatic rings. The molecule has 1 aliphatic heterocycles. The van der Waals surface area contributed by atoms with Crippen molar-refractivity contribution in [2.45, 2.75) is 25.4 Å². The van der Waals surface area contributed by atoms with Gasteiger partial charge in [-0.15, -0.1) is 0 Å². The van der Waals surface area contributed by atoms with Crippen LogP contribution in [-0.2, 0) is 17.8 Å². The summed E-state index contributed by atoms with van der Waals surface area (Å²) >= 11 is 0. The number of amides is 1. The minimum Gasteiger partial charge on any atom is -0.398 e. The highest BCUT2D eigenvalue weighted by molar-refractivity contribution is 5.98. The van der Waals surface area contributed by atoms with Crippen LogP contribution in [0.3, 0.4) is 0 Å². The van der Waals surface area contributed by atoms with Gasteiger partial charge >= 0.3 is 0 Å². The molecular weight excluding hydrogens is 484 g/mol. The van der Waals surface area contributed by atoms with Crippen LogP contribution >= 0.6 is 0 Å². The highest BCUT2D eigenvalue weighted by Crippen LogP contribution is 2.38. The Morgan fingerprint density at radius 2 is 1.51 bits per heavy atom. The minimum atomic E-state index is -0.140. The standard InChI is InChI=1S/C33H32N4O2/c1-22-20-37(21-23-14-16-24(17-15-23)32(38)18-25-8-2-5-11-28(25)34)31(27-10-4-3-9-26(22)27)19-33(39)36-30-13-7-6-12-29(30)35/h2-17,31H,1,18-21,34-35H2,(H,36,39). The van der Waals surface area contributed by atoms with Gasteiger partial charge in [-0.2, -0.15) is 0 Å². The Morgan fingerprint density at radius 3 is 2.26 bits per heavy atom. The molecule has 4 aromatic carbocycles. The van der Waals surface area contributed by atoms with Crippen molar-refractivity contribution in [3.8, 4) is 0 Å². The lowest BCUT2D eigenvalue weighted by atomic mass is 9.87. The molecule has 0 aromatic heterocycles. The van der Waals surface area contributed by atoms with Crippen molar-refractivity contribution >= 4 is 34.3 Å². The first-order chi connectivity index (χ1) is 18.9. The van der Waals surface area contributed by atoms with Gasteiger partial charge in [0, 0.05) is 43.2 Å². The molecule has 5 N–H and O–H groups in total. The lowest BCUT2D eigenvalue weighted by Crippen LogP contribution is -2.36. The van der Waals surface area contributed by atoms with E-state index in [-0.39, 0.29) is 30.6 Å². The minimum absolute atomic E-state index is 0.0226. The molecule has 0 saturated carbocycles. The van der Waals surface area contributed by atoms with Crippen LogP contribution < -0.4 is 16.8 Å². The number of para-hydroxylation sites is 3. The lowest BCUT2D eigenvalue weighted by Gasteiger charge is -2.38. The van der Waals surface area contributed by atoms with Gasteiger partial charge in [-0.3, -0.25) is 14.5 Å². The average molecular weight is 517 g/mol. The smallest absolute Gasteiger partial charge is 0.226 e. The third-order valence-electron chi connectivity index (χ3n) is 7.22. The average Bonchev–Trinajstić information content (AvgIpc) is 2.94. The number of rotatable bonds is 8. The van der Waals surface area contributed by atoms with Crippen LogP contribution in [0.5, 0.6) is 0 Å². The van der Waals surface area contributed by atoms with E-state index in [0.717, 1.165) is 27.8 Å². The first kappa shape index (κ1) is 25.9. The largest absolute Gasteiger partial charge is 0.398 e. The van der Waals surface area contributed by atoms with E-state index in [9.17, 15) is 9.59 Å². The summed E-state index contributed by atoms with van der Waals surface area (Å²) in [5.74, 6) is -0.0826. The maximum atomic E-state index is 13.2. The van der Waals surface area contributed by atoms with E-state index in [1.165, 1.54) is 0 Å². The van der Waals surface area contributed by atoms with Crippen molar-refractivity contribution in [1.82, 2.24) is 4.90 Å². The van der Waals surface area contributed by atoms with Crippen LogP contribution in [0.15, 0.2) is 104 Å². The summed E-state index contributed by atoms with van der Waals surface area (Å²) in [5, 5.41) is 2.97. The summed E-state index contributed by atoms with van der Waals surface area (Å²) in [7, 11) is 0. The molecule has 6 nitrogen and oxygen atoms in total. The van der Waals surface area contributed by atoms with Gasteiger partial charge in [-0.05, 0) is 46.0 Å². The molecule has 0 saturated heterocycles. The zero-order chi connectivity index (χ0) is 27.4. The third kappa shape index (κ3) is 5.92. The van der Waals surface area contributed by atoms with Gasteiger partial charge in [0.1, 0.15) is 0 Å². The number of benzene rings is 4. The Morgan fingerprint density at radius 1 is 0.846 bits per heavy atom. The second-order valence-corrected chi connectivity index (χ2v) is 9.95. The number of nitrogens with zero attached hydrogens (tertiary/aromatic N) is 1. The number of Topliss-reactive ketones (excluding diaryl/α,β-unsaturated/α-hetero) is 1. The zero-order valence-electron chi connectivity index (χ0n) is 21.8. The Balaban J connectivity index is 1.33. The number of anilines is 3. The van der Waals surface area contributed by atoms with Crippen LogP contribution in [-0.4, -0.2) is 23.1 Å². The molecule has 4 aromatic rings. The molecule has 0 aliphatic carbocycles. The van der Waals surface area contributed by atoms with Crippen molar-refractivity contribution < 1.29 is 9.59 Å². The van der Waals surface area contributed by atoms with E-state index in [1.807, 2.05) is 72.8 Å². The molecular formula is C33H32N4O2. The number of nitrogen functional groups attached to an aromatic ring is 2. The number of fused-ring (bicyclic) bond motifs is 1. The van der Waals surface area contributed by atoms with Gasteiger partial charge in [0.2, 0.25) is 5.91 Å². The molecule has 0 radical (unpaired) electrons. The number of nitrogens with two attached hydrogens (primary N) is 2. The summed E-state index contributed by atoms with van der Waals surface area (Å²) in [6.45, 7) is 5.56. The molecule has 0 bridgehead atoms.